The highest BCUT2D eigenvalue weighted by Crippen LogP contribution is 2.20. The van der Waals surface area contributed by atoms with Gasteiger partial charge in [-0.05, 0) is 44.2 Å². The van der Waals surface area contributed by atoms with Gasteiger partial charge in [0.2, 0.25) is 0 Å². The molecule has 0 saturated carbocycles. The molecule has 0 amide bonds. The second-order valence-electron chi connectivity index (χ2n) is 5.24. The van der Waals surface area contributed by atoms with E-state index in [2.05, 4.69) is 43.0 Å². The van der Waals surface area contributed by atoms with Crippen molar-refractivity contribution in [1.82, 2.24) is 10.6 Å². The Balaban J connectivity index is 2.81. The Bertz CT molecular complexity index is 366. The fourth-order valence-electron chi connectivity index (χ4n) is 2.61. The zero-order valence-corrected chi connectivity index (χ0v) is 13.0. The van der Waals surface area contributed by atoms with Gasteiger partial charge in [0.05, 0.1) is 0 Å². The van der Waals surface area contributed by atoms with Gasteiger partial charge in [-0.2, -0.15) is 0 Å². The van der Waals surface area contributed by atoms with Crippen LogP contribution in [0, 0.1) is 5.92 Å². The summed E-state index contributed by atoms with van der Waals surface area (Å²) < 4.78 is 0. The molecule has 0 bridgehead atoms. The molecule has 1 heterocycles. The van der Waals surface area contributed by atoms with Crippen LogP contribution in [0.2, 0.25) is 0 Å². The van der Waals surface area contributed by atoms with E-state index >= 15 is 0 Å². The molecule has 2 N–H and O–H groups in total. The number of rotatable bonds is 7. The minimum Gasteiger partial charge on any atom is -0.361 e. The molecule has 0 aliphatic carbocycles. The van der Waals surface area contributed by atoms with E-state index in [0.29, 0.717) is 5.92 Å². The summed E-state index contributed by atoms with van der Waals surface area (Å²) in [6.07, 6.45) is 4.61. The van der Waals surface area contributed by atoms with Crippen LogP contribution >= 0.6 is 0 Å². The summed E-state index contributed by atoms with van der Waals surface area (Å²) in [5, 5.41) is 6.98. The molecule has 3 nitrogen and oxygen atoms in total. The first-order valence-electron chi connectivity index (χ1n) is 7.46. The molecule has 1 atom stereocenters. The fraction of sp³-hybridized carbons (Fsp3) is 0.688. The molecule has 0 aromatic rings. The van der Waals surface area contributed by atoms with Crippen molar-refractivity contribution in [3.63, 3.8) is 0 Å². The minimum atomic E-state index is 0.569. The van der Waals surface area contributed by atoms with Crippen molar-refractivity contribution in [1.29, 1.82) is 0 Å². The monoisotopic (exact) mass is 263 g/mol. The highest BCUT2D eigenvalue weighted by Gasteiger charge is 2.17. The minimum absolute atomic E-state index is 0.569. The molecule has 1 rings (SSSR count). The predicted molar refractivity (Wildman–Crippen MR) is 84.5 cm³/mol. The molecule has 0 aromatic heterocycles. The lowest BCUT2D eigenvalue weighted by Crippen LogP contribution is -2.34. The van der Waals surface area contributed by atoms with Gasteiger partial charge >= 0.3 is 0 Å². The third-order valence-corrected chi connectivity index (χ3v) is 3.92. The Morgan fingerprint density at radius 1 is 1.47 bits per heavy atom. The summed E-state index contributed by atoms with van der Waals surface area (Å²) in [6.45, 7) is 12.7. The zero-order chi connectivity index (χ0) is 14.3. The van der Waals surface area contributed by atoms with Crippen LogP contribution in [-0.4, -0.2) is 25.8 Å². The summed E-state index contributed by atoms with van der Waals surface area (Å²) in [7, 11) is 1.86. The van der Waals surface area contributed by atoms with Crippen LogP contribution in [0.5, 0.6) is 0 Å². The molecule has 1 aliphatic heterocycles. The maximum absolute atomic E-state index is 4.33. The highest BCUT2D eigenvalue weighted by molar-refractivity contribution is 5.99. The predicted octanol–water partition coefficient (Wildman–Crippen LogP) is 3.25. The number of nitrogens with zero attached hydrogens (tertiary/aromatic N) is 1. The normalized spacial score (nSPS) is 18.4. The summed E-state index contributed by atoms with van der Waals surface area (Å²) in [5.41, 5.74) is 4.91. The summed E-state index contributed by atoms with van der Waals surface area (Å²) in [6, 6.07) is 0. The van der Waals surface area contributed by atoms with Crippen molar-refractivity contribution in [2.75, 3.05) is 20.1 Å². The third-order valence-electron chi connectivity index (χ3n) is 3.92. The van der Waals surface area contributed by atoms with Crippen LogP contribution in [0.3, 0.4) is 0 Å². The first-order valence-corrected chi connectivity index (χ1v) is 7.46. The summed E-state index contributed by atoms with van der Waals surface area (Å²) >= 11 is 0. The average molecular weight is 263 g/mol. The molecule has 0 spiro atoms. The standard InChI is InChI=1S/C16H29N3/c1-6-8-14(7-2)12(3)19-16-11-18-10-9-15(16)13(4)17-5/h14,18-19H,3,6-11H2,1-2,4-5H3. The van der Waals surface area contributed by atoms with Crippen molar-refractivity contribution in [3.8, 4) is 0 Å². The van der Waals surface area contributed by atoms with Gasteiger partial charge in [-0.15, -0.1) is 0 Å². The Labute approximate surface area is 118 Å². The van der Waals surface area contributed by atoms with Gasteiger partial charge in [-0.1, -0.05) is 26.8 Å². The number of hydrogen-bond donors (Lipinski definition) is 2. The molecule has 3 heteroatoms. The lowest BCUT2D eigenvalue weighted by Gasteiger charge is -2.26. The second kappa shape index (κ2) is 8.16. The second-order valence-corrected chi connectivity index (χ2v) is 5.24. The number of aliphatic imine (C=N–C) groups is 1. The van der Waals surface area contributed by atoms with Crippen molar-refractivity contribution in [2.45, 2.75) is 46.5 Å². The number of nitrogens with one attached hydrogen (secondary N) is 2. The maximum Gasteiger partial charge on any atom is 0.0364 e. The number of hydrogen-bond acceptors (Lipinski definition) is 3. The Hall–Kier alpha value is -1.09. The molecule has 108 valence electrons. The van der Waals surface area contributed by atoms with Gasteiger partial charge in [-0.25, -0.2) is 0 Å². The van der Waals surface area contributed by atoms with Crippen LogP contribution in [0.15, 0.2) is 28.5 Å². The van der Waals surface area contributed by atoms with Gasteiger partial charge < -0.3 is 10.6 Å². The number of allylic oxidation sites excluding steroid dienone is 1. The van der Waals surface area contributed by atoms with Crippen LogP contribution in [0.25, 0.3) is 0 Å². The topological polar surface area (TPSA) is 36.4 Å². The van der Waals surface area contributed by atoms with Crippen molar-refractivity contribution >= 4 is 5.71 Å². The van der Waals surface area contributed by atoms with Crippen LogP contribution in [0.1, 0.15) is 46.5 Å². The van der Waals surface area contributed by atoms with E-state index < -0.39 is 0 Å². The van der Waals surface area contributed by atoms with Gasteiger partial charge in [0.25, 0.3) is 0 Å². The molecule has 1 unspecified atom stereocenters. The van der Waals surface area contributed by atoms with Crippen molar-refractivity contribution in [3.05, 3.63) is 23.5 Å². The van der Waals surface area contributed by atoms with E-state index in [9.17, 15) is 0 Å². The van der Waals surface area contributed by atoms with Crippen LogP contribution < -0.4 is 10.6 Å². The molecule has 0 fully saturated rings. The SMILES string of the molecule is C=C(NC1=C(C(C)=NC)CCNC1)C(CC)CCC. The van der Waals surface area contributed by atoms with E-state index in [4.69, 9.17) is 0 Å². The van der Waals surface area contributed by atoms with Crippen LogP contribution in [-0.2, 0) is 0 Å². The largest absolute Gasteiger partial charge is 0.361 e. The van der Waals surface area contributed by atoms with E-state index in [1.165, 1.54) is 24.1 Å². The van der Waals surface area contributed by atoms with Crippen LogP contribution in [0.4, 0.5) is 0 Å². The summed E-state index contributed by atoms with van der Waals surface area (Å²) in [5.74, 6) is 0.569. The Kier molecular flexibility index (Phi) is 6.85. The van der Waals surface area contributed by atoms with Crippen molar-refractivity contribution in [2.24, 2.45) is 10.9 Å². The molecule has 19 heavy (non-hydrogen) atoms. The molecular weight excluding hydrogens is 234 g/mol. The van der Waals surface area contributed by atoms with Gasteiger partial charge in [0.15, 0.2) is 0 Å². The first-order chi connectivity index (χ1) is 9.13. The van der Waals surface area contributed by atoms with Gasteiger partial charge in [0, 0.05) is 30.7 Å². The fourth-order valence-corrected chi connectivity index (χ4v) is 2.61. The molecule has 0 aromatic carbocycles. The van der Waals surface area contributed by atoms with Gasteiger partial charge in [-0.3, -0.25) is 4.99 Å². The van der Waals surface area contributed by atoms with Crippen molar-refractivity contribution < 1.29 is 0 Å². The smallest absolute Gasteiger partial charge is 0.0364 e. The quantitative estimate of drug-likeness (QED) is 0.692. The summed E-state index contributed by atoms with van der Waals surface area (Å²) in [4.78, 5) is 4.33. The van der Waals surface area contributed by atoms with Gasteiger partial charge in [0.1, 0.15) is 0 Å². The highest BCUT2D eigenvalue weighted by atomic mass is 15.0. The van der Waals surface area contributed by atoms with E-state index in [0.717, 1.165) is 37.3 Å². The molecule has 0 saturated heterocycles. The average Bonchev–Trinajstić information content (AvgIpc) is 2.44. The molecular formula is C16H29N3. The maximum atomic E-state index is 4.33. The Morgan fingerprint density at radius 3 is 2.79 bits per heavy atom. The first kappa shape index (κ1) is 16.0. The third kappa shape index (κ3) is 4.50. The zero-order valence-electron chi connectivity index (χ0n) is 13.0. The Morgan fingerprint density at radius 2 is 2.21 bits per heavy atom. The van der Waals surface area contributed by atoms with E-state index in [1.807, 2.05) is 7.05 Å². The van der Waals surface area contributed by atoms with E-state index in [-0.39, 0.29) is 0 Å². The van der Waals surface area contributed by atoms with E-state index in [1.54, 1.807) is 0 Å². The lowest BCUT2D eigenvalue weighted by molar-refractivity contribution is 0.505. The molecule has 0 radical (unpaired) electrons. The molecule has 1 aliphatic rings. The lowest BCUT2D eigenvalue weighted by atomic mass is 9.96.